The highest BCUT2D eigenvalue weighted by Gasteiger charge is 2.34. The molecule has 2 N–H and O–H groups in total. The number of carbonyl (C=O) groups excluding carboxylic acids is 3. The standard InChI is InChI=1S/C33H31F5N6O5/c1-18-20-5-7-26(22(20)4-3-21(18)32(47)49-13-10-43-8-11-48-12-9-43)42-31(46)28-15-27(41-29-25(35)17-40-44(28)29)30(45)39-16-19-2-6-24(34)23(14-19)33(36,37)38/h2-4,6,14-15,17,26H,5,7-13,16H2,1H3,(H,39,45)(H,42,46)/t26-/m0/s1. The summed E-state index contributed by atoms with van der Waals surface area (Å²) in [4.78, 5) is 45.6. The molecule has 1 aliphatic heterocycles. The van der Waals surface area contributed by atoms with E-state index in [2.05, 4.69) is 25.6 Å². The van der Waals surface area contributed by atoms with E-state index in [1.807, 2.05) is 6.92 Å². The van der Waals surface area contributed by atoms with E-state index in [0.717, 1.165) is 52.6 Å². The van der Waals surface area contributed by atoms with E-state index >= 15 is 0 Å². The number of ether oxygens (including phenoxy) is 2. The molecule has 0 unspecified atom stereocenters. The molecule has 0 spiro atoms. The number of aromatic nitrogens is 3. The summed E-state index contributed by atoms with van der Waals surface area (Å²) in [6.07, 6.45) is -3.04. The van der Waals surface area contributed by atoms with Crippen LogP contribution in [0.4, 0.5) is 22.0 Å². The van der Waals surface area contributed by atoms with Crippen LogP contribution in [0.2, 0.25) is 0 Å². The van der Waals surface area contributed by atoms with E-state index in [-0.39, 0.29) is 17.9 Å². The average Bonchev–Trinajstić information content (AvgIpc) is 3.67. The Hall–Kier alpha value is -4.96. The quantitative estimate of drug-likeness (QED) is 0.199. The second-order valence-electron chi connectivity index (χ2n) is 11.7. The summed E-state index contributed by atoms with van der Waals surface area (Å²) in [5.41, 5.74) is 0.305. The zero-order chi connectivity index (χ0) is 34.9. The van der Waals surface area contributed by atoms with E-state index in [1.165, 1.54) is 0 Å². The predicted octanol–water partition coefficient (Wildman–Crippen LogP) is 4.17. The molecule has 1 atom stereocenters. The molecule has 2 aliphatic rings. The Labute approximate surface area is 276 Å². The molecule has 1 fully saturated rings. The molecule has 2 amide bonds. The number of halogens is 5. The van der Waals surface area contributed by atoms with Gasteiger partial charge in [-0.25, -0.2) is 23.1 Å². The lowest BCUT2D eigenvalue weighted by Gasteiger charge is -2.26. The SMILES string of the molecule is Cc1c(C(=O)OCCN2CCOCC2)ccc2c1CC[C@@H]2NC(=O)c1cc(C(=O)NCc2ccc(F)c(C(F)(F)F)c2)nc2c(F)cnn12. The molecule has 4 aromatic rings. The Morgan fingerprint density at radius 2 is 1.82 bits per heavy atom. The lowest BCUT2D eigenvalue weighted by molar-refractivity contribution is -0.140. The number of hydrogen-bond donors (Lipinski definition) is 2. The monoisotopic (exact) mass is 686 g/mol. The molecular weight excluding hydrogens is 655 g/mol. The van der Waals surface area contributed by atoms with Crippen molar-refractivity contribution in [1.82, 2.24) is 30.1 Å². The number of esters is 1. The lowest BCUT2D eigenvalue weighted by atomic mass is 9.98. The van der Waals surface area contributed by atoms with Crippen LogP contribution in [0.25, 0.3) is 5.65 Å². The molecule has 1 aliphatic carbocycles. The van der Waals surface area contributed by atoms with Gasteiger partial charge in [0, 0.05) is 32.2 Å². The number of alkyl halides is 3. The van der Waals surface area contributed by atoms with Gasteiger partial charge in [-0.3, -0.25) is 14.5 Å². The van der Waals surface area contributed by atoms with Crippen molar-refractivity contribution in [3.63, 3.8) is 0 Å². The van der Waals surface area contributed by atoms with Gasteiger partial charge >= 0.3 is 12.1 Å². The number of amides is 2. The predicted molar refractivity (Wildman–Crippen MR) is 163 cm³/mol. The number of fused-ring (bicyclic) bond motifs is 2. The summed E-state index contributed by atoms with van der Waals surface area (Å²) in [5, 5.41) is 9.14. The molecule has 6 rings (SSSR count). The third-order valence-corrected chi connectivity index (χ3v) is 8.65. The number of morpholine rings is 1. The Bertz CT molecular complexity index is 1920. The van der Waals surface area contributed by atoms with Gasteiger partial charge in [-0.1, -0.05) is 12.1 Å². The Morgan fingerprint density at radius 3 is 2.57 bits per heavy atom. The number of nitrogens with zero attached hydrogens (tertiary/aromatic N) is 4. The first-order valence-corrected chi connectivity index (χ1v) is 15.5. The topological polar surface area (TPSA) is 127 Å². The first-order chi connectivity index (χ1) is 23.4. The molecule has 3 heterocycles. The molecule has 2 aromatic carbocycles. The average molecular weight is 687 g/mol. The zero-order valence-corrected chi connectivity index (χ0v) is 26.2. The number of nitrogens with one attached hydrogen (secondary N) is 2. The van der Waals surface area contributed by atoms with Crippen molar-refractivity contribution >= 4 is 23.4 Å². The molecule has 0 saturated carbocycles. The van der Waals surface area contributed by atoms with Crippen LogP contribution in [0, 0.1) is 18.6 Å². The molecule has 1 saturated heterocycles. The van der Waals surface area contributed by atoms with Crippen LogP contribution in [-0.4, -0.2) is 76.7 Å². The fourth-order valence-corrected chi connectivity index (χ4v) is 6.04. The maximum Gasteiger partial charge on any atom is 0.419 e. The van der Waals surface area contributed by atoms with Crippen molar-refractivity contribution < 1.29 is 45.8 Å². The maximum atomic E-state index is 14.6. The van der Waals surface area contributed by atoms with Crippen LogP contribution in [0.15, 0.2) is 42.6 Å². The first-order valence-electron chi connectivity index (χ1n) is 15.5. The van der Waals surface area contributed by atoms with Gasteiger partial charge in [0.25, 0.3) is 11.8 Å². The Balaban J connectivity index is 1.15. The van der Waals surface area contributed by atoms with E-state index in [1.54, 1.807) is 12.1 Å². The van der Waals surface area contributed by atoms with Gasteiger partial charge < -0.3 is 20.1 Å². The van der Waals surface area contributed by atoms with Crippen LogP contribution < -0.4 is 10.6 Å². The van der Waals surface area contributed by atoms with Gasteiger partial charge in [0.05, 0.1) is 36.6 Å². The highest BCUT2D eigenvalue weighted by atomic mass is 19.4. The van der Waals surface area contributed by atoms with Crippen molar-refractivity contribution in [3.8, 4) is 0 Å². The van der Waals surface area contributed by atoms with E-state index in [0.29, 0.717) is 50.3 Å². The fraction of sp³-hybridized carbons (Fsp3) is 0.364. The first kappa shape index (κ1) is 33.9. The number of benzene rings is 2. The molecule has 49 heavy (non-hydrogen) atoms. The summed E-state index contributed by atoms with van der Waals surface area (Å²) in [6.45, 7) is 5.10. The lowest BCUT2D eigenvalue weighted by Crippen LogP contribution is -2.38. The fourth-order valence-electron chi connectivity index (χ4n) is 6.04. The summed E-state index contributed by atoms with van der Waals surface area (Å²) in [5.74, 6) is -4.42. The third kappa shape index (κ3) is 7.24. The highest BCUT2D eigenvalue weighted by molar-refractivity contribution is 5.98. The van der Waals surface area contributed by atoms with Crippen molar-refractivity contribution in [2.45, 2.75) is 38.5 Å². The van der Waals surface area contributed by atoms with Gasteiger partial charge in [-0.2, -0.15) is 18.3 Å². The molecule has 258 valence electrons. The normalized spacial score (nSPS) is 16.4. The second-order valence-corrected chi connectivity index (χ2v) is 11.7. The van der Waals surface area contributed by atoms with Crippen molar-refractivity contribution in [2.24, 2.45) is 0 Å². The van der Waals surface area contributed by atoms with Gasteiger partial charge in [-0.05, 0) is 60.2 Å². The van der Waals surface area contributed by atoms with Gasteiger partial charge in [0.2, 0.25) is 0 Å². The van der Waals surface area contributed by atoms with E-state index in [9.17, 15) is 36.3 Å². The molecule has 16 heteroatoms. The minimum absolute atomic E-state index is 0.0451. The molecule has 0 bridgehead atoms. The summed E-state index contributed by atoms with van der Waals surface area (Å²) in [7, 11) is 0. The van der Waals surface area contributed by atoms with Crippen LogP contribution >= 0.6 is 0 Å². The molecule has 2 aromatic heterocycles. The number of rotatable bonds is 9. The van der Waals surface area contributed by atoms with Gasteiger partial charge in [-0.15, -0.1) is 0 Å². The Kier molecular flexibility index (Phi) is 9.61. The summed E-state index contributed by atoms with van der Waals surface area (Å²) in [6, 6.07) is 6.32. The zero-order valence-electron chi connectivity index (χ0n) is 26.2. The second kappa shape index (κ2) is 13.9. The summed E-state index contributed by atoms with van der Waals surface area (Å²) < 4.78 is 79.4. The number of carbonyl (C=O) groups is 3. The van der Waals surface area contributed by atoms with Crippen LogP contribution in [-0.2, 0) is 28.6 Å². The van der Waals surface area contributed by atoms with Crippen LogP contribution in [0.1, 0.15) is 71.6 Å². The van der Waals surface area contributed by atoms with Crippen LogP contribution in [0.3, 0.4) is 0 Å². The number of hydrogen-bond acceptors (Lipinski definition) is 8. The van der Waals surface area contributed by atoms with Crippen molar-refractivity contribution in [2.75, 3.05) is 39.5 Å². The highest BCUT2D eigenvalue weighted by Crippen LogP contribution is 2.35. The summed E-state index contributed by atoms with van der Waals surface area (Å²) >= 11 is 0. The largest absolute Gasteiger partial charge is 0.461 e. The van der Waals surface area contributed by atoms with Crippen molar-refractivity contribution in [1.29, 1.82) is 0 Å². The molecular formula is C33H31F5N6O5. The van der Waals surface area contributed by atoms with Gasteiger partial charge in [0.1, 0.15) is 23.8 Å². The molecule has 11 nitrogen and oxygen atoms in total. The minimum atomic E-state index is -4.94. The third-order valence-electron chi connectivity index (χ3n) is 8.65. The van der Waals surface area contributed by atoms with E-state index in [4.69, 9.17) is 9.47 Å². The van der Waals surface area contributed by atoms with Crippen LogP contribution in [0.5, 0.6) is 0 Å². The minimum Gasteiger partial charge on any atom is -0.461 e. The smallest absolute Gasteiger partial charge is 0.419 e. The molecule has 0 radical (unpaired) electrons. The van der Waals surface area contributed by atoms with E-state index < -0.39 is 65.1 Å². The maximum absolute atomic E-state index is 14.6. The Morgan fingerprint density at radius 1 is 1.04 bits per heavy atom. The van der Waals surface area contributed by atoms with Crippen molar-refractivity contribution in [3.05, 3.63) is 99.0 Å². The van der Waals surface area contributed by atoms with Gasteiger partial charge in [0.15, 0.2) is 11.5 Å².